The molecule has 0 atom stereocenters. The molecule has 2 aromatic heterocycles. The summed E-state index contributed by atoms with van der Waals surface area (Å²) in [5, 5.41) is 0. The maximum atomic E-state index is 12.3. The van der Waals surface area contributed by atoms with Crippen molar-refractivity contribution in [2.75, 3.05) is 17.2 Å². The van der Waals surface area contributed by atoms with E-state index in [0.29, 0.717) is 23.6 Å². The van der Waals surface area contributed by atoms with E-state index in [9.17, 15) is 4.79 Å². The van der Waals surface area contributed by atoms with E-state index in [-0.39, 0.29) is 5.91 Å². The van der Waals surface area contributed by atoms with Crippen LogP contribution in [0.3, 0.4) is 0 Å². The van der Waals surface area contributed by atoms with Crippen LogP contribution in [0.25, 0.3) is 0 Å². The van der Waals surface area contributed by atoms with Gasteiger partial charge in [-0.2, -0.15) is 0 Å². The lowest BCUT2D eigenvalue weighted by Crippen LogP contribution is -2.31. The molecule has 0 aliphatic carbocycles. The van der Waals surface area contributed by atoms with Crippen LogP contribution >= 0.6 is 0 Å². The third-order valence-electron chi connectivity index (χ3n) is 2.54. The predicted octanol–water partition coefficient (Wildman–Crippen LogP) is 1.73. The van der Waals surface area contributed by atoms with Gasteiger partial charge in [0.05, 0.1) is 11.9 Å². The number of hydrogen-bond donors (Lipinski definition) is 1. The highest BCUT2D eigenvalue weighted by Crippen LogP contribution is 2.15. The average molecular weight is 242 g/mol. The lowest BCUT2D eigenvalue weighted by molar-refractivity contribution is 0.0987. The molecular formula is C13H14N4O. The molecule has 0 spiro atoms. The SMILES string of the molecule is CCN(C(=O)c1ccncc1)c1ccc(N)cn1. The Balaban J connectivity index is 2.29. The summed E-state index contributed by atoms with van der Waals surface area (Å²) in [7, 11) is 0. The van der Waals surface area contributed by atoms with Crippen LogP contribution in [0, 0.1) is 0 Å². The number of pyridine rings is 2. The summed E-state index contributed by atoms with van der Waals surface area (Å²) in [5.74, 6) is 0.491. The quantitative estimate of drug-likeness (QED) is 0.889. The number of nitrogen functional groups attached to an aromatic ring is 1. The van der Waals surface area contributed by atoms with Gasteiger partial charge in [0.2, 0.25) is 0 Å². The van der Waals surface area contributed by atoms with Crippen LogP contribution < -0.4 is 10.6 Å². The molecule has 0 aromatic carbocycles. The minimum absolute atomic E-state index is 0.0998. The molecule has 2 aromatic rings. The summed E-state index contributed by atoms with van der Waals surface area (Å²) in [6.07, 6.45) is 4.73. The van der Waals surface area contributed by atoms with Crippen LogP contribution in [0.5, 0.6) is 0 Å². The number of amides is 1. The first kappa shape index (κ1) is 12.0. The minimum atomic E-state index is -0.0998. The fourth-order valence-corrected chi connectivity index (χ4v) is 1.62. The zero-order chi connectivity index (χ0) is 13.0. The molecule has 0 unspecified atom stereocenters. The summed E-state index contributed by atoms with van der Waals surface area (Å²) >= 11 is 0. The van der Waals surface area contributed by atoms with Crippen LogP contribution in [0.4, 0.5) is 11.5 Å². The summed E-state index contributed by atoms with van der Waals surface area (Å²) in [6.45, 7) is 2.44. The van der Waals surface area contributed by atoms with Crippen molar-refractivity contribution in [3.63, 3.8) is 0 Å². The maximum absolute atomic E-state index is 12.3. The van der Waals surface area contributed by atoms with E-state index in [1.54, 1.807) is 41.6 Å². The third-order valence-corrected chi connectivity index (χ3v) is 2.54. The lowest BCUT2D eigenvalue weighted by Gasteiger charge is -2.19. The monoisotopic (exact) mass is 242 g/mol. The van der Waals surface area contributed by atoms with E-state index in [1.807, 2.05) is 6.92 Å². The molecule has 0 saturated carbocycles. The molecule has 92 valence electrons. The van der Waals surface area contributed by atoms with Crippen LogP contribution in [0.15, 0.2) is 42.9 Å². The first-order valence-electron chi connectivity index (χ1n) is 5.65. The normalized spacial score (nSPS) is 10.1. The molecule has 2 rings (SSSR count). The molecule has 1 amide bonds. The van der Waals surface area contributed by atoms with Crippen LogP contribution in [-0.2, 0) is 0 Å². The highest BCUT2D eigenvalue weighted by Gasteiger charge is 2.16. The highest BCUT2D eigenvalue weighted by molar-refractivity contribution is 6.05. The van der Waals surface area contributed by atoms with Gasteiger partial charge in [0.15, 0.2) is 0 Å². The van der Waals surface area contributed by atoms with Crippen LogP contribution in [0.2, 0.25) is 0 Å². The minimum Gasteiger partial charge on any atom is -0.397 e. The van der Waals surface area contributed by atoms with Crippen molar-refractivity contribution >= 4 is 17.4 Å². The van der Waals surface area contributed by atoms with E-state index < -0.39 is 0 Å². The fraction of sp³-hybridized carbons (Fsp3) is 0.154. The van der Waals surface area contributed by atoms with Gasteiger partial charge in [0.1, 0.15) is 5.82 Å². The van der Waals surface area contributed by atoms with Crippen molar-refractivity contribution in [2.45, 2.75) is 6.92 Å². The predicted molar refractivity (Wildman–Crippen MR) is 70.2 cm³/mol. The zero-order valence-corrected chi connectivity index (χ0v) is 10.1. The van der Waals surface area contributed by atoms with Crippen LogP contribution in [-0.4, -0.2) is 22.4 Å². The van der Waals surface area contributed by atoms with Crippen molar-refractivity contribution in [3.8, 4) is 0 Å². The standard InChI is InChI=1S/C13H14N4O/c1-2-17(12-4-3-11(14)9-16-12)13(18)10-5-7-15-8-6-10/h3-9H,2,14H2,1H3. The molecule has 0 fully saturated rings. The average Bonchev–Trinajstić information content (AvgIpc) is 2.42. The van der Waals surface area contributed by atoms with Crippen LogP contribution in [0.1, 0.15) is 17.3 Å². The highest BCUT2D eigenvalue weighted by atomic mass is 16.2. The molecular weight excluding hydrogens is 228 g/mol. The lowest BCUT2D eigenvalue weighted by atomic mass is 10.2. The second kappa shape index (κ2) is 5.27. The molecule has 0 saturated heterocycles. The van der Waals surface area contributed by atoms with Crippen molar-refractivity contribution in [2.24, 2.45) is 0 Å². The summed E-state index contributed by atoms with van der Waals surface area (Å²) < 4.78 is 0. The Labute approximate surface area is 105 Å². The number of hydrogen-bond acceptors (Lipinski definition) is 4. The maximum Gasteiger partial charge on any atom is 0.259 e. The Morgan fingerprint density at radius 3 is 2.56 bits per heavy atom. The summed E-state index contributed by atoms with van der Waals surface area (Å²) in [4.78, 5) is 21.9. The van der Waals surface area contributed by atoms with Gasteiger partial charge in [0.25, 0.3) is 5.91 Å². The number of nitrogens with zero attached hydrogens (tertiary/aromatic N) is 3. The molecule has 5 nitrogen and oxygen atoms in total. The summed E-state index contributed by atoms with van der Waals surface area (Å²) in [6, 6.07) is 6.83. The number of carbonyl (C=O) groups is 1. The van der Waals surface area contributed by atoms with Gasteiger partial charge < -0.3 is 5.73 Å². The van der Waals surface area contributed by atoms with Gasteiger partial charge in [-0.15, -0.1) is 0 Å². The first-order valence-corrected chi connectivity index (χ1v) is 5.65. The topological polar surface area (TPSA) is 72.1 Å². The van der Waals surface area contributed by atoms with E-state index in [0.717, 1.165) is 0 Å². The number of nitrogens with two attached hydrogens (primary N) is 1. The number of aromatic nitrogens is 2. The molecule has 0 aliphatic rings. The van der Waals surface area contributed by atoms with Gasteiger partial charge in [-0.1, -0.05) is 0 Å². The molecule has 2 N–H and O–H groups in total. The van der Waals surface area contributed by atoms with Crippen molar-refractivity contribution < 1.29 is 4.79 Å². The van der Waals surface area contributed by atoms with Crippen molar-refractivity contribution in [3.05, 3.63) is 48.4 Å². The number of anilines is 2. The van der Waals surface area contributed by atoms with Gasteiger partial charge in [-0.05, 0) is 31.2 Å². The van der Waals surface area contributed by atoms with Gasteiger partial charge in [-0.25, -0.2) is 4.98 Å². The molecule has 0 aliphatic heterocycles. The molecule has 2 heterocycles. The second-order valence-corrected chi connectivity index (χ2v) is 3.74. The summed E-state index contributed by atoms with van der Waals surface area (Å²) in [5.41, 5.74) is 6.74. The number of carbonyl (C=O) groups excluding carboxylic acids is 1. The second-order valence-electron chi connectivity index (χ2n) is 3.74. The van der Waals surface area contributed by atoms with E-state index in [1.165, 1.54) is 6.20 Å². The molecule has 0 bridgehead atoms. The Morgan fingerprint density at radius 2 is 2.00 bits per heavy atom. The van der Waals surface area contributed by atoms with Gasteiger partial charge in [0, 0.05) is 24.5 Å². The largest absolute Gasteiger partial charge is 0.397 e. The van der Waals surface area contributed by atoms with Crippen molar-refractivity contribution in [1.29, 1.82) is 0 Å². The number of rotatable bonds is 3. The Kier molecular flexibility index (Phi) is 3.52. The Bertz CT molecular complexity index is 524. The van der Waals surface area contributed by atoms with E-state index in [2.05, 4.69) is 9.97 Å². The van der Waals surface area contributed by atoms with Crippen molar-refractivity contribution in [1.82, 2.24) is 9.97 Å². The third kappa shape index (κ3) is 2.45. The van der Waals surface area contributed by atoms with E-state index >= 15 is 0 Å². The Hall–Kier alpha value is -2.43. The fourth-order valence-electron chi connectivity index (χ4n) is 1.62. The first-order chi connectivity index (χ1) is 8.72. The Morgan fingerprint density at radius 1 is 1.28 bits per heavy atom. The molecule has 0 radical (unpaired) electrons. The molecule has 5 heteroatoms. The smallest absolute Gasteiger partial charge is 0.259 e. The molecule has 18 heavy (non-hydrogen) atoms. The van der Waals surface area contributed by atoms with Gasteiger partial charge >= 0.3 is 0 Å². The van der Waals surface area contributed by atoms with Gasteiger partial charge in [-0.3, -0.25) is 14.7 Å². The van der Waals surface area contributed by atoms with E-state index in [4.69, 9.17) is 5.73 Å². The zero-order valence-electron chi connectivity index (χ0n) is 10.1.